The van der Waals surface area contributed by atoms with Crippen LogP contribution in [0.25, 0.3) is 6.08 Å². The highest BCUT2D eigenvalue weighted by molar-refractivity contribution is 6.01. The van der Waals surface area contributed by atoms with Gasteiger partial charge in [0, 0.05) is 43.2 Å². The molecule has 0 unspecified atom stereocenters. The molecule has 1 heterocycles. The van der Waals surface area contributed by atoms with E-state index in [4.69, 9.17) is 29.0 Å². The maximum Gasteiger partial charge on any atom is 0.252 e. The minimum absolute atomic E-state index is 0.0672. The van der Waals surface area contributed by atoms with Crippen LogP contribution in [0.2, 0.25) is 0 Å². The summed E-state index contributed by atoms with van der Waals surface area (Å²) in [5.74, 6) is 2.05. The van der Waals surface area contributed by atoms with Crippen LogP contribution in [0.15, 0.2) is 114 Å². The second kappa shape index (κ2) is 15.1. The van der Waals surface area contributed by atoms with Crippen molar-refractivity contribution in [1.29, 1.82) is 0 Å². The van der Waals surface area contributed by atoms with E-state index in [1.54, 1.807) is 20.3 Å². The number of hydrogen-bond acceptors (Lipinski definition) is 7. The fraction of sp³-hybridized carbons (Fsp3) is 0.243. The van der Waals surface area contributed by atoms with Crippen LogP contribution in [0.5, 0.6) is 17.2 Å². The van der Waals surface area contributed by atoms with E-state index in [0.717, 1.165) is 22.3 Å². The van der Waals surface area contributed by atoms with Crippen LogP contribution in [0.4, 0.5) is 0 Å². The van der Waals surface area contributed by atoms with E-state index in [0.29, 0.717) is 42.6 Å². The smallest absolute Gasteiger partial charge is 0.252 e. The molecule has 4 aromatic carbocycles. The van der Waals surface area contributed by atoms with Gasteiger partial charge in [-0.15, -0.1) is 0 Å². The molecule has 1 amide bonds. The molecule has 0 fully saturated rings. The van der Waals surface area contributed by atoms with Crippen LogP contribution < -0.4 is 19.5 Å². The highest BCUT2D eigenvalue weighted by Crippen LogP contribution is 2.43. The predicted octanol–water partition coefficient (Wildman–Crippen LogP) is 6.14. The van der Waals surface area contributed by atoms with Crippen molar-refractivity contribution in [3.8, 4) is 17.2 Å². The van der Waals surface area contributed by atoms with Crippen molar-refractivity contribution in [2.45, 2.75) is 31.0 Å². The topological polar surface area (TPSA) is 98.6 Å². The number of carbonyl (C=O) groups is 1. The third kappa shape index (κ3) is 7.53. The lowest BCUT2D eigenvalue weighted by Gasteiger charge is -2.30. The molecule has 5 rings (SSSR count). The Kier molecular flexibility index (Phi) is 10.5. The summed E-state index contributed by atoms with van der Waals surface area (Å²) in [6.07, 6.45) is 4.13. The van der Waals surface area contributed by atoms with Gasteiger partial charge in [-0.3, -0.25) is 4.79 Å². The summed E-state index contributed by atoms with van der Waals surface area (Å²) in [5.41, 5.74) is 2.08. The third-order valence-corrected chi connectivity index (χ3v) is 7.60. The Morgan fingerprint density at radius 1 is 0.933 bits per heavy atom. The van der Waals surface area contributed by atoms with Crippen molar-refractivity contribution < 1.29 is 28.8 Å². The third-order valence-electron chi connectivity index (χ3n) is 7.60. The molecule has 1 aliphatic rings. The Morgan fingerprint density at radius 3 is 2.33 bits per heavy atom. The molecule has 8 nitrogen and oxygen atoms in total. The number of aliphatic hydroxyl groups is 1. The number of amides is 1. The summed E-state index contributed by atoms with van der Waals surface area (Å²) in [7, 11) is 3.19. The summed E-state index contributed by atoms with van der Waals surface area (Å²) in [4.78, 5) is 19.5. The first-order valence-corrected chi connectivity index (χ1v) is 14.9. The highest BCUT2D eigenvalue weighted by Gasteiger charge is 2.52. The van der Waals surface area contributed by atoms with Gasteiger partial charge in [-0.25, -0.2) is 4.99 Å². The number of rotatable bonds is 14. The molecule has 0 saturated heterocycles. The van der Waals surface area contributed by atoms with E-state index in [-0.39, 0.29) is 19.1 Å². The normalized spacial score (nSPS) is 17.4. The second-order valence-electron chi connectivity index (χ2n) is 10.6. The summed E-state index contributed by atoms with van der Waals surface area (Å²) >= 11 is 0. The van der Waals surface area contributed by atoms with Gasteiger partial charge in [0.2, 0.25) is 5.90 Å². The van der Waals surface area contributed by atoms with E-state index < -0.39 is 11.6 Å². The molecule has 0 aromatic heterocycles. The van der Waals surface area contributed by atoms with Crippen molar-refractivity contribution >= 4 is 17.9 Å². The first-order valence-electron chi connectivity index (χ1n) is 14.9. The molecular weight excluding hydrogens is 568 g/mol. The van der Waals surface area contributed by atoms with Gasteiger partial charge in [-0.2, -0.15) is 0 Å². The lowest BCUT2D eigenvalue weighted by molar-refractivity contribution is -0.129. The molecule has 1 aliphatic heterocycles. The molecule has 0 spiro atoms. The number of aliphatic imine (C=N–C) groups is 1. The maximum atomic E-state index is 14.4. The first kappa shape index (κ1) is 31.3. The molecule has 0 radical (unpaired) electrons. The molecule has 232 valence electrons. The lowest BCUT2D eigenvalue weighted by Crippen LogP contribution is -2.47. The number of nitrogens with zero attached hydrogens (tertiary/aromatic N) is 1. The number of carbonyl (C=O) groups excluding carboxylic acids is 1. The molecule has 2 atom stereocenters. The minimum atomic E-state index is -1.31. The van der Waals surface area contributed by atoms with E-state index in [9.17, 15) is 4.79 Å². The molecule has 8 heteroatoms. The predicted molar refractivity (Wildman–Crippen MR) is 175 cm³/mol. The zero-order valence-corrected chi connectivity index (χ0v) is 25.5. The van der Waals surface area contributed by atoms with Gasteiger partial charge in [0.25, 0.3) is 5.91 Å². The van der Waals surface area contributed by atoms with Crippen LogP contribution in [-0.4, -0.2) is 49.9 Å². The number of ether oxygens (including phenoxy) is 4. The van der Waals surface area contributed by atoms with Gasteiger partial charge >= 0.3 is 0 Å². The van der Waals surface area contributed by atoms with Crippen molar-refractivity contribution in [3.05, 3.63) is 131 Å². The monoisotopic (exact) mass is 606 g/mol. The first-order chi connectivity index (χ1) is 22.1. The quantitative estimate of drug-likeness (QED) is 0.167. The molecule has 2 N–H and O–H groups in total. The van der Waals surface area contributed by atoms with E-state index >= 15 is 0 Å². The SMILES string of the molecule is COc1ccc(CNC(=O)[C@]2(C/C=C/c3ccccc3)N=C(c3ccc(OCCCO)cc3)O[C@@H]2c2ccccc2)c(OC)c1. The van der Waals surface area contributed by atoms with Gasteiger partial charge in [0.15, 0.2) is 11.6 Å². The van der Waals surface area contributed by atoms with E-state index in [2.05, 4.69) is 5.32 Å². The second-order valence-corrected chi connectivity index (χ2v) is 10.6. The van der Waals surface area contributed by atoms with Crippen molar-refractivity contribution in [2.24, 2.45) is 4.99 Å². The highest BCUT2D eigenvalue weighted by atomic mass is 16.5. The van der Waals surface area contributed by atoms with Crippen LogP contribution in [0, 0.1) is 0 Å². The molecule has 0 bridgehead atoms. The van der Waals surface area contributed by atoms with Crippen molar-refractivity contribution in [1.82, 2.24) is 5.32 Å². The van der Waals surface area contributed by atoms with Gasteiger partial charge in [-0.05, 0) is 47.5 Å². The van der Waals surface area contributed by atoms with Crippen LogP contribution in [0.3, 0.4) is 0 Å². The fourth-order valence-corrected chi connectivity index (χ4v) is 5.21. The largest absolute Gasteiger partial charge is 0.497 e. The summed E-state index contributed by atoms with van der Waals surface area (Å²) in [6.45, 7) is 0.708. The molecule has 45 heavy (non-hydrogen) atoms. The lowest BCUT2D eigenvalue weighted by atomic mass is 9.84. The van der Waals surface area contributed by atoms with E-state index in [1.165, 1.54) is 0 Å². The van der Waals surface area contributed by atoms with Crippen molar-refractivity contribution in [2.75, 3.05) is 27.4 Å². The van der Waals surface area contributed by atoms with Crippen LogP contribution in [-0.2, 0) is 16.1 Å². The van der Waals surface area contributed by atoms with Crippen molar-refractivity contribution in [3.63, 3.8) is 0 Å². The van der Waals surface area contributed by atoms with Crippen LogP contribution in [0.1, 0.15) is 41.2 Å². The standard InChI is InChI=1S/C37H38N2O6/c1-42-32-21-18-30(33(25-32)43-2)26-38-36(41)37(22-9-13-27-11-5-3-6-12-27)34(28-14-7-4-8-15-28)45-35(39-37)29-16-19-31(20-17-29)44-24-10-23-40/h3-9,11-21,25,34,40H,10,22-24,26H2,1-2H3,(H,38,41)/b13-9+/t34-,37-/m1/s1. The number of methoxy groups -OCH3 is 2. The summed E-state index contributed by atoms with van der Waals surface area (Å²) < 4.78 is 23.2. The number of aliphatic hydroxyl groups excluding tert-OH is 1. The Labute approximate surface area is 264 Å². The number of nitrogens with one attached hydrogen (secondary N) is 1. The van der Waals surface area contributed by atoms with Crippen LogP contribution >= 0.6 is 0 Å². The fourth-order valence-electron chi connectivity index (χ4n) is 5.21. The Morgan fingerprint density at radius 2 is 1.64 bits per heavy atom. The van der Waals surface area contributed by atoms with Gasteiger partial charge in [0.1, 0.15) is 17.2 Å². The molecule has 0 saturated carbocycles. The average molecular weight is 607 g/mol. The zero-order valence-electron chi connectivity index (χ0n) is 25.5. The zero-order chi connectivity index (χ0) is 31.5. The number of benzene rings is 4. The van der Waals surface area contributed by atoms with Gasteiger partial charge in [-0.1, -0.05) is 72.8 Å². The molecular formula is C37H38N2O6. The Balaban J connectivity index is 1.51. The summed E-state index contributed by atoms with van der Waals surface area (Å²) in [5, 5.41) is 12.2. The Bertz CT molecular complexity index is 1610. The molecule has 4 aromatic rings. The minimum Gasteiger partial charge on any atom is -0.497 e. The van der Waals surface area contributed by atoms with E-state index in [1.807, 2.05) is 109 Å². The maximum absolute atomic E-state index is 14.4. The van der Waals surface area contributed by atoms with Gasteiger partial charge < -0.3 is 29.4 Å². The number of hydrogen-bond donors (Lipinski definition) is 2. The average Bonchev–Trinajstić information content (AvgIpc) is 3.49. The summed E-state index contributed by atoms with van der Waals surface area (Å²) in [6, 6.07) is 32.5. The molecule has 0 aliphatic carbocycles. The van der Waals surface area contributed by atoms with Gasteiger partial charge in [0.05, 0.1) is 20.8 Å². The Hall–Kier alpha value is -5.08.